The highest BCUT2D eigenvalue weighted by atomic mass is 15.2. The van der Waals surface area contributed by atoms with Crippen LogP contribution in [0.5, 0.6) is 0 Å². The van der Waals surface area contributed by atoms with Crippen molar-refractivity contribution in [1.82, 2.24) is 4.90 Å². The molecule has 1 aliphatic heterocycles. The molecular weight excluding hydrogens is 232 g/mol. The third kappa shape index (κ3) is 4.21. The summed E-state index contributed by atoms with van der Waals surface area (Å²) in [5.41, 5.74) is 0. The molecule has 0 amide bonds. The predicted molar refractivity (Wildman–Crippen MR) is 79.8 cm³/mol. The lowest BCUT2D eigenvalue weighted by atomic mass is 9.94. The second kappa shape index (κ2) is 7.90. The van der Waals surface area contributed by atoms with Gasteiger partial charge < -0.3 is 0 Å². The van der Waals surface area contributed by atoms with Gasteiger partial charge in [-0.05, 0) is 51.1 Å². The molecule has 0 N–H and O–H groups in total. The van der Waals surface area contributed by atoms with Gasteiger partial charge in [-0.25, -0.2) is 0 Å². The minimum atomic E-state index is 0.297. The Morgan fingerprint density at radius 3 is 2.63 bits per heavy atom. The van der Waals surface area contributed by atoms with Crippen molar-refractivity contribution in [2.45, 2.75) is 77.2 Å². The topological polar surface area (TPSA) is 27.0 Å². The van der Waals surface area contributed by atoms with Crippen LogP contribution in [0.3, 0.4) is 0 Å². The minimum absolute atomic E-state index is 0.297. The first kappa shape index (κ1) is 14.9. The zero-order valence-electron chi connectivity index (χ0n) is 12.6. The Balaban J connectivity index is 1.93. The van der Waals surface area contributed by atoms with E-state index in [0.717, 1.165) is 12.3 Å². The molecule has 1 saturated carbocycles. The monoisotopic (exact) mass is 262 g/mol. The van der Waals surface area contributed by atoms with E-state index in [4.69, 9.17) is 0 Å². The standard InChI is InChI=1S/C17H30N2/c1-2-7-15-8-6-12-19(13-11-15)17-10-5-3-4-9-16(17)14-18/h15-17H,2-13H2,1H3. The molecule has 0 radical (unpaired) electrons. The Morgan fingerprint density at radius 1 is 1.00 bits per heavy atom. The van der Waals surface area contributed by atoms with E-state index in [0.29, 0.717) is 12.0 Å². The van der Waals surface area contributed by atoms with Crippen LogP contribution in [0.1, 0.15) is 71.1 Å². The van der Waals surface area contributed by atoms with E-state index in [1.54, 1.807) is 0 Å². The maximum atomic E-state index is 9.45. The van der Waals surface area contributed by atoms with Gasteiger partial charge in [-0.1, -0.05) is 39.0 Å². The third-order valence-electron chi connectivity index (χ3n) is 5.19. The Labute approximate surface area is 119 Å². The second-order valence-electron chi connectivity index (χ2n) is 6.56. The lowest BCUT2D eigenvalue weighted by Gasteiger charge is -2.32. The molecule has 0 bridgehead atoms. The number of rotatable bonds is 3. The molecule has 1 heterocycles. The van der Waals surface area contributed by atoms with E-state index < -0.39 is 0 Å². The van der Waals surface area contributed by atoms with E-state index in [1.807, 2.05) is 0 Å². The van der Waals surface area contributed by atoms with E-state index in [1.165, 1.54) is 70.9 Å². The van der Waals surface area contributed by atoms with E-state index in [9.17, 15) is 5.26 Å². The van der Waals surface area contributed by atoms with Gasteiger partial charge in [0.2, 0.25) is 0 Å². The number of nitriles is 1. The van der Waals surface area contributed by atoms with Crippen molar-refractivity contribution < 1.29 is 0 Å². The van der Waals surface area contributed by atoms with Crippen molar-refractivity contribution in [3.63, 3.8) is 0 Å². The molecule has 3 atom stereocenters. The van der Waals surface area contributed by atoms with Crippen molar-refractivity contribution >= 4 is 0 Å². The molecule has 0 aromatic heterocycles. The summed E-state index contributed by atoms with van der Waals surface area (Å²) < 4.78 is 0. The number of hydrogen-bond acceptors (Lipinski definition) is 2. The van der Waals surface area contributed by atoms with Crippen molar-refractivity contribution in [2.24, 2.45) is 11.8 Å². The van der Waals surface area contributed by atoms with Crippen LogP contribution in [0.15, 0.2) is 0 Å². The SMILES string of the molecule is CCCC1CCCN(C2CCCCCC2C#N)CC1. The highest BCUT2D eigenvalue weighted by molar-refractivity contribution is 4.95. The average molecular weight is 262 g/mol. The van der Waals surface area contributed by atoms with Gasteiger partial charge in [-0.15, -0.1) is 0 Å². The van der Waals surface area contributed by atoms with Gasteiger partial charge in [0.1, 0.15) is 0 Å². The Bertz CT molecular complexity index is 294. The summed E-state index contributed by atoms with van der Waals surface area (Å²) in [6, 6.07) is 3.17. The summed E-state index contributed by atoms with van der Waals surface area (Å²) in [6.45, 7) is 4.79. The lowest BCUT2D eigenvalue weighted by Crippen LogP contribution is -2.40. The van der Waals surface area contributed by atoms with Crippen LogP contribution in [0.2, 0.25) is 0 Å². The van der Waals surface area contributed by atoms with Gasteiger partial charge in [0.15, 0.2) is 0 Å². The lowest BCUT2D eigenvalue weighted by molar-refractivity contribution is 0.157. The largest absolute Gasteiger partial charge is 0.299 e. The molecule has 19 heavy (non-hydrogen) atoms. The zero-order valence-corrected chi connectivity index (χ0v) is 12.6. The highest BCUT2D eigenvalue weighted by Crippen LogP contribution is 2.30. The van der Waals surface area contributed by atoms with Crippen LogP contribution in [-0.2, 0) is 0 Å². The van der Waals surface area contributed by atoms with Crippen LogP contribution in [0.4, 0.5) is 0 Å². The third-order valence-corrected chi connectivity index (χ3v) is 5.19. The first-order valence-corrected chi connectivity index (χ1v) is 8.48. The quantitative estimate of drug-likeness (QED) is 0.707. The molecule has 0 aromatic rings. The maximum Gasteiger partial charge on any atom is 0.0672 e. The van der Waals surface area contributed by atoms with E-state index in [2.05, 4.69) is 17.9 Å². The molecule has 2 fully saturated rings. The Morgan fingerprint density at radius 2 is 1.84 bits per heavy atom. The summed E-state index contributed by atoms with van der Waals surface area (Å²) in [4.78, 5) is 2.68. The number of hydrogen-bond donors (Lipinski definition) is 0. The molecule has 2 heteroatoms. The Kier molecular flexibility index (Phi) is 6.17. The van der Waals surface area contributed by atoms with Crippen molar-refractivity contribution in [3.05, 3.63) is 0 Å². The Hall–Kier alpha value is -0.550. The maximum absolute atomic E-state index is 9.45. The summed E-state index contributed by atoms with van der Waals surface area (Å²) in [6.07, 6.45) is 13.2. The molecule has 1 saturated heterocycles. The summed E-state index contributed by atoms with van der Waals surface area (Å²) in [5, 5.41) is 9.45. The summed E-state index contributed by atoms with van der Waals surface area (Å²) >= 11 is 0. The molecule has 0 spiro atoms. The van der Waals surface area contributed by atoms with E-state index >= 15 is 0 Å². The van der Waals surface area contributed by atoms with Gasteiger partial charge in [0, 0.05) is 6.04 Å². The van der Waals surface area contributed by atoms with Gasteiger partial charge in [-0.3, -0.25) is 4.90 Å². The van der Waals surface area contributed by atoms with Crippen molar-refractivity contribution in [3.8, 4) is 6.07 Å². The van der Waals surface area contributed by atoms with Crippen LogP contribution in [0.25, 0.3) is 0 Å². The summed E-state index contributed by atoms with van der Waals surface area (Å²) in [7, 11) is 0. The predicted octanol–water partition coefficient (Wildman–Crippen LogP) is 4.36. The second-order valence-corrected chi connectivity index (χ2v) is 6.56. The van der Waals surface area contributed by atoms with Crippen molar-refractivity contribution in [1.29, 1.82) is 5.26 Å². The molecule has 3 unspecified atom stereocenters. The first-order valence-electron chi connectivity index (χ1n) is 8.48. The molecule has 2 rings (SSSR count). The van der Waals surface area contributed by atoms with Crippen LogP contribution >= 0.6 is 0 Å². The first-order chi connectivity index (χ1) is 9.35. The molecular formula is C17H30N2. The fourth-order valence-electron chi connectivity index (χ4n) is 4.09. The molecule has 1 aliphatic carbocycles. The van der Waals surface area contributed by atoms with E-state index in [-0.39, 0.29) is 0 Å². The minimum Gasteiger partial charge on any atom is -0.299 e. The highest BCUT2D eigenvalue weighted by Gasteiger charge is 2.30. The average Bonchev–Trinajstić information content (AvgIpc) is 2.78. The molecule has 108 valence electrons. The van der Waals surface area contributed by atoms with Gasteiger partial charge in [-0.2, -0.15) is 5.26 Å². The smallest absolute Gasteiger partial charge is 0.0672 e. The van der Waals surface area contributed by atoms with Gasteiger partial charge in [0.25, 0.3) is 0 Å². The zero-order chi connectivity index (χ0) is 13.5. The molecule has 0 aromatic carbocycles. The van der Waals surface area contributed by atoms with Gasteiger partial charge in [0.05, 0.1) is 12.0 Å². The van der Waals surface area contributed by atoms with Crippen molar-refractivity contribution in [2.75, 3.05) is 13.1 Å². The van der Waals surface area contributed by atoms with Crippen LogP contribution in [-0.4, -0.2) is 24.0 Å². The fraction of sp³-hybridized carbons (Fsp3) is 0.941. The molecule has 2 aliphatic rings. The normalized spacial score (nSPS) is 34.2. The van der Waals surface area contributed by atoms with Crippen LogP contribution in [0, 0.1) is 23.2 Å². The number of nitrogens with zero attached hydrogens (tertiary/aromatic N) is 2. The van der Waals surface area contributed by atoms with Gasteiger partial charge >= 0.3 is 0 Å². The van der Waals surface area contributed by atoms with Crippen LogP contribution < -0.4 is 0 Å². The number of likely N-dealkylation sites (tertiary alicyclic amines) is 1. The summed E-state index contributed by atoms with van der Waals surface area (Å²) in [5.74, 6) is 1.24. The fourth-order valence-corrected chi connectivity index (χ4v) is 4.09. The molecule has 2 nitrogen and oxygen atoms in total.